The number of nitrogens with zero attached hydrogens (tertiary/aromatic N) is 4. The number of hydrogen-bond donors (Lipinski definition) is 0. The Hall–Kier alpha value is -1.90. The first-order valence-corrected chi connectivity index (χ1v) is 13.0. The van der Waals surface area contributed by atoms with E-state index in [0.29, 0.717) is 48.5 Å². The van der Waals surface area contributed by atoms with Crippen LogP contribution in [0.4, 0.5) is 5.82 Å². The fourth-order valence-electron chi connectivity index (χ4n) is 3.95. The quantitative estimate of drug-likeness (QED) is 0.461. The van der Waals surface area contributed by atoms with Crippen LogP contribution in [0.1, 0.15) is 22.6 Å². The van der Waals surface area contributed by atoms with Crippen molar-refractivity contribution in [1.29, 1.82) is 0 Å². The zero-order chi connectivity index (χ0) is 23.8. The third-order valence-corrected chi connectivity index (χ3v) is 8.51. The molecule has 10 heteroatoms. The molecule has 0 bridgehead atoms. The van der Waals surface area contributed by atoms with Gasteiger partial charge in [-0.1, -0.05) is 46.9 Å². The van der Waals surface area contributed by atoms with Gasteiger partial charge in [0.2, 0.25) is 10.0 Å². The molecule has 2 heterocycles. The summed E-state index contributed by atoms with van der Waals surface area (Å²) in [6, 6.07) is 12.2. The van der Waals surface area contributed by atoms with Crippen LogP contribution in [0.3, 0.4) is 0 Å². The first kappa shape index (κ1) is 24.2. The predicted octanol–water partition coefficient (Wildman–Crippen LogP) is 5.16. The van der Waals surface area contributed by atoms with Crippen molar-refractivity contribution < 1.29 is 8.42 Å². The van der Waals surface area contributed by atoms with Gasteiger partial charge in [-0.3, -0.25) is 0 Å². The topological polar surface area (TPSA) is 66.4 Å². The number of aryl methyl sites for hydroxylation is 2. The molecular weight excluding hydrogens is 503 g/mol. The lowest BCUT2D eigenvalue weighted by atomic mass is 10.0. The van der Waals surface area contributed by atoms with Crippen LogP contribution in [0, 0.1) is 13.8 Å². The monoisotopic (exact) mass is 524 g/mol. The lowest BCUT2D eigenvalue weighted by molar-refractivity contribution is 0.383. The Bertz CT molecular complexity index is 1280. The molecule has 0 N–H and O–H groups in total. The largest absolute Gasteiger partial charge is 0.354 e. The Morgan fingerprint density at radius 1 is 0.879 bits per heavy atom. The molecule has 1 aliphatic rings. The van der Waals surface area contributed by atoms with Gasteiger partial charge in [0, 0.05) is 53.9 Å². The van der Waals surface area contributed by atoms with Gasteiger partial charge < -0.3 is 4.90 Å². The van der Waals surface area contributed by atoms with Crippen LogP contribution in [0.2, 0.25) is 15.1 Å². The fourth-order valence-corrected chi connectivity index (χ4v) is 6.23. The Morgan fingerprint density at radius 3 is 2.18 bits per heavy atom. The molecule has 1 fully saturated rings. The van der Waals surface area contributed by atoms with E-state index < -0.39 is 10.0 Å². The van der Waals surface area contributed by atoms with Crippen LogP contribution < -0.4 is 4.90 Å². The summed E-state index contributed by atoms with van der Waals surface area (Å²) in [5.41, 5.74) is 3.04. The standard InChI is InChI=1S/C23H23Cl3N4O2S/c1-15-20(13-17-3-5-18(24)6-4-17)23(28-16(2)27-15)29-9-11-30(12-10-29)33(31,32)22-14-19(25)7-8-21(22)26/h3-8,14H,9-13H2,1-2H3. The van der Waals surface area contributed by atoms with Crippen molar-refractivity contribution in [2.24, 2.45) is 0 Å². The summed E-state index contributed by atoms with van der Waals surface area (Å²) in [7, 11) is -3.75. The predicted molar refractivity (Wildman–Crippen MR) is 133 cm³/mol. The molecule has 0 radical (unpaired) electrons. The average molecular weight is 526 g/mol. The van der Waals surface area contributed by atoms with Crippen molar-refractivity contribution in [2.45, 2.75) is 25.2 Å². The zero-order valence-corrected chi connectivity index (χ0v) is 21.3. The summed E-state index contributed by atoms with van der Waals surface area (Å²) in [5, 5.41) is 1.18. The number of sulfonamides is 1. The maximum Gasteiger partial charge on any atom is 0.244 e. The molecule has 0 aliphatic carbocycles. The summed E-state index contributed by atoms with van der Waals surface area (Å²) in [6.07, 6.45) is 0.662. The summed E-state index contributed by atoms with van der Waals surface area (Å²) in [5.74, 6) is 1.52. The maximum absolute atomic E-state index is 13.2. The van der Waals surface area contributed by atoms with Gasteiger partial charge in [-0.2, -0.15) is 4.31 Å². The van der Waals surface area contributed by atoms with E-state index in [4.69, 9.17) is 39.8 Å². The maximum atomic E-state index is 13.2. The molecule has 2 aromatic carbocycles. The lowest BCUT2D eigenvalue weighted by Gasteiger charge is -2.36. The normalized spacial score (nSPS) is 15.1. The van der Waals surface area contributed by atoms with Crippen LogP contribution in [0.15, 0.2) is 47.4 Å². The molecule has 33 heavy (non-hydrogen) atoms. The second-order valence-electron chi connectivity index (χ2n) is 7.93. The molecule has 0 saturated carbocycles. The van der Waals surface area contributed by atoms with Crippen LogP contribution in [0.5, 0.6) is 0 Å². The van der Waals surface area contributed by atoms with Crippen LogP contribution in [-0.4, -0.2) is 48.9 Å². The lowest BCUT2D eigenvalue weighted by Crippen LogP contribution is -2.49. The molecule has 174 valence electrons. The number of halogens is 3. The van der Waals surface area contributed by atoms with Crippen LogP contribution >= 0.6 is 34.8 Å². The van der Waals surface area contributed by atoms with E-state index in [2.05, 4.69) is 9.88 Å². The summed E-state index contributed by atoms with van der Waals surface area (Å²) < 4.78 is 27.8. The van der Waals surface area contributed by atoms with Gasteiger partial charge in [-0.05, 0) is 49.7 Å². The van der Waals surface area contributed by atoms with Gasteiger partial charge in [-0.15, -0.1) is 0 Å². The molecule has 0 amide bonds. The minimum atomic E-state index is -3.75. The van der Waals surface area contributed by atoms with Crippen molar-refractivity contribution in [2.75, 3.05) is 31.1 Å². The highest BCUT2D eigenvalue weighted by Gasteiger charge is 2.31. The number of anilines is 1. The Balaban J connectivity index is 1.57. The van der Waals surface area contributed by atoms with E-state index in [1.165, 1.54) is 16.4 Å². The van der Waals surface area contributed by atoms with Gasteiger partial charge in [0.25, 0.3) is 0 Å². The van der Waals surface area contributed by atoms with E-state index in [1.54, 1.807) is 6.07 Å². The molecular formula is C23H23Cl3N4O2S. The second kappa shape index (κ2) is 9.76. The van der Waals surface area contributed by atoms with Crippen molar-refractivity contribution in [3.63, 3.8) is 0 Å². The van der Waals surface area contributed by atoms with Crippen molar-refractivity contribution >= 4 is 50.6 Å². The summed E-state index contributed by atoms with van der Waals surface area (Å²) in [4.78, 5) is 11.4. The Labute approximate surface area is 209 Å². The van der Waals surface area contributed by atoms with Gasteiger partial charge in [0.15, 0.2) is 0 Å². The first-order valence-electron chi connectivity index (χ1n) is 10.4. The van der Waals surface area contributed by atoms with Crippen LogP contribution in [0.25, 0.3) is 0 Å². The summed E-state index contributed by atoms with van der Waals surface area (Å²) >= 11 is 18.2. The molecule has 1 saturated heterocycles. The number of rotatable bonds is 5. The molecule has 3 aromatic rings. The SMILES string of the molecule is Cc1nc(C)c(Cc2ccc(Cl)cc2)c(N2CCN(S(=O)(=O)c3cc(Cl)ccc3Cl)CC2)n1. The third-order valence-electron chi connectivity index (χ3n) is 5.65. The molecule has 0 spiro atoms. The van der Waals surface area contributed by atoms with Crippen molar-refractivity contribution in [1.82, 2.24) is 14.3 Å². The highest BCUT2D eigenvalue weighted by atomic mass is 35.5. The van der Waals surface area contributed by atoms with E-state index in [1.807, 2.05) is 38.1 Å². The van der Waals surface area contributed by atoms with E-state index in [9.17, 15) is 8.42 Å². The molecule has 1 aromatic heterocycles. The number of hydrogen-bond acceptors (Lipinski definition) is 5. The first-order chi connectivity index (χ1) is 15.6. The minimum Gasteiger partial charge on any atom is -0.354 e. The number of piperazine rings is 1. The Kier molecular flexibility index (Phi) is 7.17. The fraction of sp³-hybridized carbons (Fsp3) is 0.304. The molecule has 4 rings (SSSR count). The second-order valence-corrected chi connectivity index (χ2v) is 11.1. The minimum absolute atomic E-state index is 0.0299. The summed E-state index contributed by atoms with van der Waals surface area (Å²) in [6.45, 7) is 5.47. The molecule has 0 atom stereocenters. The van der Waals surface area contributed by atoms with Crippen molar-refractivity contribution in [3.8, 4) is 0 Å². The van der Waals surface area contributed by atoms with E-state index in [0.717, 1.165) is 22.6 Å². The highest BCUT2D eigenvalue weighted by Crippen LogP contribution is 2.30. The molecule has 1 aliphatic heterocycles. The average Bonchev–Trinajstić information content (AvgIpc) is 2.78. The van der Waals surface area contributed by atoms with E-state index >= 15 is 0 Å². The molecule has 6 nitrogen and oxygen atoms in total. The van der Waals surface area contributed by atoms with Gasteiger partial charge in [-0.25, -0.2) is 18.4 Å². The number of aromatic nitrogens is 2. The number of benzene rings is 2. The van der Waals surface area contributed by atoms with Gasteiger partial charge in [0.1, 0.15) is 16.5 Å². The Morgan fingerprint density at radius 2 is 1.52 bits per heavy atom. The smallest absolute Gasteiger partial charge is 0.244 e. The zero-order valence-electron chi connectivity index (χ0n) is 18.2. The third kappa shape index (κ3) is 5.28. The van der Waals surface area contributed by atoms with Gasteiger partial charge in [0.05, 0.1) is 5.02 Å². The highest BCUT2D eigenvalue weighted by molar-refractivity contribution is 7.89. The van der Waals surface area contributed by atoms with E-state index in [-0.39, 0.29) is 9.92 Å². The van der Waals surface area contributed by atoms with Crippen molar-refractivity contribution in [3.05, 3.63) is 80.2 Å². The van der Waals surface area contributed by atoms with Crippen LogP contribution in [-0.2, 0) is 16.4 Å². The van der Waals surface area contributed by atoms with Gasteiger partial charge >= 0.3 is 0 Å². The molecule has 0 unspecified atom stereocenters.